The summed E-state index contributed by atoms with van der Waals surface area (Å²) in [6.07, 6.45) is 2.91. The molecule has 0 aromatic carbocycles. The number of nitrogens with zero attached hydrogens (tertiary/aromatic N) is 2. The topological polar surface area (TPSA) is 102 Å². The third-order valence-electron chi connectivity index (χ3n) is 4.01. The van der Waals surface area contributed by atoms with Crippen LogP contribution in [0.4, 0.5) is 0 Å². The van der Waals surface area contributed by atoms with Gasteiger partial charge in [-0.05, 0) is 30.1 Å². The van der Waals surface area contributed by atoms with E-state index in [9.17, 15) is 4.79 Å². The van der Waals surface area contributed by atoms with Crippen molar-refractivity contribution in [1.82, 2.24) is 10.1 Å². The van der Waals surface area contributed by atoms with Gasteiger partial charge in [-0.3, -0.25) is 4.79 Å². The molecular formula is C15H25N3O3. The summed E-state index contributed by atoms with van der Waals surface area (Å²) < 4.78 is 5.17. The summed E-state index contributed by atoms with van der Waals surface area (Å²) in [5.74, 6) is -0.0284. The van der Waals surface area contributed by atoms with Gasteiger partial charge in [0, 0.05) is 6.42 Å². The fourth-order valence-corrected chi connectivity index (χ4v) is 4.12. The van der Waals surface area contributed by atoms with E-state index in [0.717, 1.165) is 19.3 Å². The highest BCUT2D eigenvalue weighted by atomic mass is 16.5. The predicted octanol–water partition coefficient (Wildman–Crippen LogP) is 2.48. The molecule has 2 rings (SSSR count). The van der Waals surface area contributed by atoms with Gasteiger partial charge in [0.25, 0.3) is 0 Å². The second-order valence-electron chi connectivity index (χ2n) is 7.92. The maximum atomic E-state index is 10.6. The number of nitrogens with two attached hydrogens (primary N) is 1. The zero-order valence-electron chi connectivity index (χ0n) is 13.3. The highest BCUT2D eigenvalue weighted by Crippen LogP contribution is 2.52. The Balaban J connectivity index is 2.21. The first-order valence-corrected chi connectivity index (χ1v) is 7.35. The van der Waals surface area contributed by atoms with Gasteiger partial charge in [0.05, 0.1) is 12.0 Å². The van der Waals surface area contributed by atoms with Crippen molar-refractivity contribution in [1.29, 1.82) is 0 Å². The van der Waals surface area contributed by atoms with E-state index in [1.807, 2.05) is 0 Å². The Kier molecular flexibility index (Phi) is 3.86. The summed E-state index contributed by atoms with van der Waals surface area (Å²) in [6, 6.07) is 0. The number of carbonyl (C=O) groups is 1. The molecule has 3 N–H and O–H groups in total. The molecule has 21 heavy (non-hydrogen) atoms. The summed E-state index contributed by atoms with van der Waals surface area (Å²) in [4.78, 5) is 14.9. The Labute approximate surface area is 125 Å². The number of carboxylic acids is 1. The lowest BCUT2D eigenvalue weighted by molar-refractivity contribution is -0.137. The summed E-state index contributed by atoms with van der Waals surface area (Å²) in [5, 5.41) is 12.7. The van der Waals surface area contributed by atoms with Crippen LogP contribution in [-0.4, -0.2) is 21.2 Å². The zero-order valence-corrected chi connectivity index (χ0v) is 13.3. The van der Waals surface area contributed by atoms with Crippen molar-refractivity contribution >= 4 is 5.97 Å². The molecular weight excluding hydrogens is 270 g/mol. The molecule has 0 spiro atoms. The highest BCUT2D eigenvalue weighted by molar-refractivity contribution is 5.66. The van der Waals surface area contributed by atoms with Gasteiger partial charge in [-0.2, -0.15) is 4.98 Å². The molecule has 1 heterocycles. The molecule has 1 aromatic rings. The minimum absolute atomic E-state index is 0.0177. The Morgan fingerprint density at radius 3 is 2.33 bits per heavy atom. The number of aryl methyl sites for hydroxylation is 1. The summed E-state index contributed by atoms with van der Waals surface area (Å²) in [6.45, 7) is 8.84. The number of rotatable bonds is 4. The number of aromatic nitrogens is 2. The standard InChI is InChI=1S/C15H25N3O3/c1-13(2)7-14(3,4)9-15(16,8-13)12-17-10(21-18-12)5-6-11(19)20/h5-9,16H2,1-4H3,(H,19,20). The summed E-state index contributed by atoms with van der Waals surface area (Å²) in [5.41, 5.74) is 6.20. The van der Waals surface area contributed by atoms with E-state index >= 15 is 0 Å². The minimum Gasteiger partial charge on any atom is -0.481 e. The lowest BCUT2D eigenvalue weighted by atomic mass is 9.58. The van der Waals surface area contributed by atoms with Gasteiger partial charge < -0.3 is 15.4 Å². The van der Waals surface area contributed by atoms with Gasteiger partial charge in [0.15, 0.2) is 5.82 Å². The van der Waals surface area contributed by atoms with Crippen LogP contribution in [0.3, 0.4) is 0 Å². The van der Waals surface area contributed by atoms with Crippen molar-refractivity contribution in [3.8, 4) is 0 Å². The molecule has 1 aliphatic rings. The maximum Gasteiger partial charge on any atom is 0.303 e. The van der Waals surface area contributed by atoms with Crippen molar-refractivity contribution in [3.05, 3.63) is 11.7 Å². The van der Waals surface area contributed by atoms with E-state index in [1.165, 1.54) is 0 Å². The summed E-state index contributed by atoms with van der Waals surface area (Å²) >= 11 is 0. The first-order chi connectivity index (χ1) is 9.51. The van der Waals surface area contributed by atoms with Crippen LogP contribution < -0.4 is 5.73 Å². The largest absolute Gasteiger partial charge is 0.481 e. The third kappa shape index (κ3) is 3.81. The molecule has 6 nitrogen and oxygen atoms in total. The van der Waals surface area contributed by atoms with Gasteiger partial charge in [-0.15, -0.1) is 0 Å². The number of aliphatic carboxylic acids is 1. The van der Waals surface area contributed by atoms with Crippen LogP contribution in [-0.2, 0) is 16.8 Å². The fraction of sp³-hybridized carbons (Fsp3) is 0.800. The average Bonchev–Trinajstić information content (AvgIpc) is 2.70. The third-order valence-corrected chi connectivity index (χ3v) is 4.01. The van der Waals surface area contributed by atoms with Gasteiger partial charge in [-0.25, -0.2) is 0 Å². The monoisotopic (exact) mass is 295 g/mol. The van der Waals surface area contributed by atoms with Crippen molar-refractivity contribution in [2.75, 3.05) is 0 Å². The van der Waals surface area contributed by atoms with Crippen LogP contribution in [0.15, 0.2) is 4.52 Å². The molecule has 1 aromatic heterocycles. The second kappa shape index (κ2) is 5.09. The van der Waals surface area contributed by atoms with Crippen LogP contribution >= 0.6 is 0 Å². The normalized spacial score (nSPS) is 22.9. The van der Waals surface area contributed by atoms with Gasteiger partial charge in [-0.1, -0.05) is 32.9 Å². The van der Waals surface area contributed by atoms with E-state index in [0.29, 0.717) is 11.7 Å². The van der Waals surface area contributed by atoms with Gasteiger partial charge >= 0.3 is 5.97 Å². The van der Waals surface area contributed by atoms with E-state index in [-0.39, 0.29) is 23.7 Å². The van der Waals surface area contributed by atoms with Crippen LogP contribution in [0.25, 0.3) is 0 Å². The van der Waals surface area contributed by atoms with Crippen LogP contribution in [0.5, 0.6) is 0 Å². The summed E-state index contributed by atoms with van der Waals surface area (Å²) in [7, 11) is 0. The maximum absolute atomic E-state index is 10.6. The molecule has 1 saturated carbocycles. The first kappa shape index (κ1) is 15.9. The number of hydrogen-bond donors (Lipinski definition) is 2. The van der Waals surface area contributed by atoms with Gasteiger partial charge in [0.2, 0.25) is 5.89 Å². The number of carboxylic acid groups (broad SMARTS) is 1. The minimum atomic E-state index is -0.878. The zero-order chi connectivity index (χ0) is 15.9. The molecule has 0 aliphatic heterocycles. The second-order valence-corrected chi connectivity index (χ2v) is 7.92. The molecule has 0 amide bonds. The molecule has 0 unspecified atom stereocenters. The van der Waals surface area contributed by atoms with Gasteiger partial charge in [0.1, 0.15) is 0 Å². The smallest absolute Gasteiger partial charge is 0.303 e. The molecule has 118 valence electrons. The van der Waals surface area contributed by atoms with E-state index in [4.69, 9.17) is 15.4 Å². The lowest BCUT2D eigenvalue weighted by Gasteiger charge is -2.49. The van der Waals surface area contributed by atoms with E-state index < -0.39 is 11.5 Å². The van der Waals surface area contributed by atoms with Crippen LogP contribution in [0.2, 0.25) is 0 Å². The van der Waals surface area contributed by atoms with Crippen molar-refractivity contribution in [2.24, 2.45) is 16.6 Å². The van der Waals surface area contributed by atoms with E-state index in [2.05, 4.69) is 37.8 Å². The highest BCUT2D eigenvalue weighted by Gasteiger charge is 2.48. The molecule has 0 bridgehead atoms. The fourth-order valence-electron chi connectivity index (χ4n) is 4.12. The molecule has 1 aliphatic carbocycles. The Bertz CT molecular complexity index is 518. The molecule has 0 saturated heterocycles. The number of hydrogen-bond acceptors (Lipinski definition) is 5. The first-order valence-electron chi connectivity index (χ1n) is 7.35. The average molecular weight is 295 g/mol. The van der Waals surface area contributed by atoms with E-state index in [1.54, 1.807) is 0 Å². The van der Waals surface area contributed by atoms with Crippen molar-refractivity contribution in [2.45, 2.75) is 65.3 Å². The lowest BCUT2D eigenvalue weighted by Crippen LogP contribution is -2.50. The molecule has 1 fully saturated rings. The SMILES string of the molecule is CC1(C)CC(C)(C)CC(N)(c2noc(CCC(=O)O)n2)C1. The predicted molar refractivity (Wildman–Crippen MR) is 77.5 cm³/mol. The van der Waals surface area contributed by atoms with Crippen LogP contribution in [0.1, 0.15) is 65.1 Å². The quantitative estimate of drug-likeness (QED) is 0.884. The van der Waals surface area contributed by atoms with Crippen LogP contribution in [0, 0.1) is 10.8 Å². The molecule has 0 atom stereocenters. The van der Waals surface area contributed by atoms with Crippen molar-refractivity contribution < 1.29 is 14.4 Å². The molecule has 0 radical (unpaired) electrons. The van der Waals surface area contributed by atoms with Crippen molar-refractivity contribution in [3.63, 3.8) is 0 Å². The molecule has 6 heteroatoms. The Hall–Kier alpha value is -1.43. The Morgan fingerprint density at radius 1 is 1.24 bits per heavy atom. The Morgan fingerprint density at radius 2 is 1.81 bits per heavy atom.